The number of rotatable bonds is 6. The number of halogens is 9. The van der Waals surface area contributed by atoms with Gasteiger partial charge in [0.15, 0.2) is 0 Å². The van der Waals surface area contributed by atoms with Crippen molar-refractivity contribution >= 4 is 11.9 Å². The maximum absolute atomic E-state index is 13.0. The third kappa shape index (κ3) is 7.91. The summed E-state index contributed by atoms with van der Waals surface area (Å²) in [5, 5.41) is 19.6. The zero-order chi connectivity index (χ0) is 28.8. The van der Waals surface area contributed by atoms with Crippen LogP contribution < -0.4 is 5.32 Å². The highest BCUT2D eigenvalue weighted by Crippen LogP contribution is 2.50. The first kappa shape index (κ1) is 31.0. The van der Waals surface area contributed by atoms with Crippen molar-refractivity contribution in [1.82, 2.24) is 14.9 Å². The number of nitrogens with zero attached hydrogens (tertiary/aromatic N) is 3. The van der Waals surface area contributed by atoms with Crippen LogP contribution >= 0.6 is 0 Å². The lowest BCUT2D eigenvalue weighted by Crippen LogP contribution is -2.53. The van der Waals surface area contributed by atoms with Crippen molar-refractivity contribution < 1.29 is 59.3 Å². The molecule has 2 heterocycles. The van der Waals surface area contributed by atoms with Crippen molar-refractivity contribution in [3.63, 3.8) is 0 Å². The van der Waals surface area contributed by atoms with Crippen molar-refractivity contribution in [2.24, 2.45) is 0 Å². The third-order valence-electron chi connectivity index (χ3n) is 5.17. The number of hydrogen-bond donors (Lipinski definition) is 3. The molecular weight excluding hydrogens is 543 g/mol. The zero-order valence-corrected chi connectivity index (χ0v) is 19.2. The number of hydrogen-bond acceptors (Lipinski definition) is 7. The summed E-state index contributed by atoms with van der Waals surface area (Å²) in [6.45, 7) is 4.43. The Morgan fingerprint density at radius 1 is 0.895 bits per heavy atom. The van der Waals surface area contributed by atoms with Gasteiger partial charge < -0.3 is 20.3 Å². The summed E-state index contributed by atoms with van der Waals surface area (Å²) >= 11 is 0. The number of carboxylic acids is 1. The Hall–Kier alpha value is -3.18. The average molecular weight is 564 g/mol. The van der Waals surface area contributed by atoms with E-state index in [-0.39, 0.29) is 0 Å². The smallest absolute Gasteiger partial charge is 0.475 e. The molecule has 1 saturated heterocycles. The molecule has 1 aromatic carbocycles. The molecule has 0 atom stereocenters. The minimum absolute atomic E-state index is 0.301. The second-order valence-corrected chi connectivity index (χ2v) is 7.76. The molecule has 0 amide bonds. The van der Waals surface area contributed by atoms with Crippen LogP contribution in [0.15, 0.2) is 36.7 Å². The Morgan fingerprint density at radius 2 is 1.37 bits per heavy atom. The van der Waals surface area contributed by atoms with E-state index in [1.165, 1.54) is 12.4 Å². The third-order valence-corrected chi connectivity index (χ3v) is 5.17. The van der Waals surface area contributed by atoms with Crippen LogP contribution in [0.3, 0.4) is 0 Å². The van der Waals surface area contributed by atoms with E-state index in [4.69, 9.17) is 14.6 Å². The monoisotopic (exact) mass is 564 g/mol. The fourth-order valence-corrected chi connectivity index (χ4v) is 3.11. The minimum Gasteiger partial charge on any atom is -0.475 e. The van der Waals surface area contributed by atoms with Crippen LogP contribution in [0.2, 0.25) is 0 Å². The molecule has 1 aliphatic rings. The maximum Gasteiger partial charge on any atom is 0.490 e. The number of carbonyl (C=O) groups is 1. The van der Waals surface area contributed by atoms with Crippen LogP contribution in [0.25, 0.3) is 11.1 Å². The molecule has 0 unspecified atom stereocenters. The SMILES string of the molecule is O=C(O)C(F)(F)F.OC(c1ccc(-c2cnc(NCCN3CCOCC3)nc2)cc1)(C(F)(F)F)C(F)(F)F. The lowest BCUT2D eigenvalue weighted by molar-refractivity contribution is -0.376. The molecule has 2 aromatic rings. The van der Waals surface area contributed by atoms with E-state index in [0.29, 0.717) is 49.0 Å². The predicted molar refractivity (Wildman–Crippen MR) is 113 cm³/mol. The summed E-state index contributed by atoms with van der Waals surface area (Å²) in [6.07, 6.45) is -14.1. The van der Waals surface area contributed by atoms with Gasteiger partial charge in [0.2, 0.25) is 5.95 Å². The molecular formula is C21H21F9N4O4. The van der Waals surface area contributed by atoms with Gasteiger partial charge in [0.1, 0.15) is 0 Å². The topological polar surface area (TPSA) is 108 Å². The van der Waals surface area contributed by atoms with E-state index in [9.17, 15) is 44.6 Å². The molecule has 0 radical (unpaired) electrons. The number of alkyl halides is 9. The highest BCUT2D eigenvalue weighted by molar-refractivity contribution is 5.73. The lowest BCUT2D eigenvalue weighted by atomic mass is 9.91. The van der Waals surface area contributed by atoms with E-state index in [0.717, 1.165) is 31.8 Å². The number of aliphatic carboxylic acids is 1. The van der Waals surface area contributed by atoms with Gasteiger partial charge >= 0.3 is 24.5 Å². The fourth-order valence-electron chi connectivity index (χ4n) is 3.11. The summed E-state index contributed by atoms with van der Waals surface area (Å²) < 4.78 is 115. The Balaban J connectivity index is 0.000000638. The first-order chi connectivity index (χ1) is 17.5. The second kappa shape index (κ2) is 12.1. The largest absolute Gasteiger partial charge is 0.490 e. The normalized spacial score (nSPS) is 15.4. The van der Waals surface area contributed by atoms with E-state index in [1.54, 1.807) is 0 Å². The lowest BCUT2D eigenvalue weighted by Gasteiger charge is -2.32. The average Bonchev–Trinajstić information content (AvgIpc) is 2.83. The number of ether oxygens (including phenoxy) is 1. The molecule has 3 N–H and O–H groups in total. The van der Waals surface area contributed by atoms with Gasteiger partial charge in [-0.05, 0) is 5.56 Å². The number of anilines is 1. The van der Waals surface area contributed by atoms with Crippen LogP contribution in [-0.4, -0.2) is 89.0 Å². The van der Waals surface area contributed by atoms with Gasteiger partial charge in [0, 0.05) is 49.7 Å². The van der Waals surface area contributed by atoms with Crippen molar-refractivity contribution in [3.8, 4) is 11.1 Å². The summed E-state index contributed by atoms with van der Waals surface area (Å²) in [4.78, 5) is 19.3. The molecule has 1 aromatic heterocycles. The first-order valence-electron chi connectivity index (χ1n) is 10.6. The van der Waals surface area contributed by atoms with Crippen LogP contribution in [-0.2, 0) is 15.1 Å². The van der Waals surface area contributed by atoms with Crippen LogP contribution in [0.5, 0.6) is 0 Å². The Bertz CT molecular complexity index is 1020. The quantitative estimate of drug-likeness (QED) is 0.455. The van der Waals surface area contributed by atoms with Crippen molar-refractivity contribution in [3.05, 3.63) is 42.2 Å². The van der Waals surface area contributed by atoms with E-state index in [2.05, 4.69) is 20.2 Å². The van der Waals surface area contributed by atoms with E-state index in [1.807, 2.05) is 0 Å². The summed E-state index contributed by atoms with van der Waals surface area (Å²) in [5.74, 6) is -2.41. The Morgan fingerprint density at radius 3 is 1.79 bits per heavy atom. The molecule has 0 saturated carbocycles. The van der Waals surface area contributed by atoms with Gasteiger partial charge in [-0.15, -0.1) is 0 Å². The molecule has 1 fully saturated rings. The Labute approximate surface area is 209 Å². The molecule has 3 rings (SSSR count). The molecule has 1 aliphatic heterocycles. The van der Waals surface area contributed by atoms with E-state index >= 15 is 0 Å². The van der Waals surface area contributed by atoms with Gasteiger partial charge in [0.25, 0.3) is 5.60 Å². The second-order valence-electron chi connectivity index (χ2n) is 7.76. The highest BCUT2D eigenvalue weighted by atomic mass is 19.4. The maximum atomic E-state index is 13.0. The molecule has 38 heavy (non-hydrogen) atoms. The van der Waals surface area contributed by atoms with Crippen LogP contribution in [0.4, 0.5) is 45.5 Å². The Kier molecular flexibility index (Phi) is 9.90. The van der Waals surface area contributed by atoms with Crippen LogP contribution in [0.1, 0.15) is 5.56 Å². The number of carboxylic acid groups (broad SMARTS) is 1. The van der Waals surface area contributed by atoms with Crippen molar-refractivity contribution in [1.29, 1.82) is 0 Å². The van der Waals surface area contributed by atoms with Gasteiger partial charge in [0.05, 0.1) is 13.2 Å². The zero-order valence-electron chi connectivity index (χ0n) is 19.2. The van der Waals surface area contributed by atoms with Crippen LogP contribution in [0, 0.1) is 0 Å². The summed E-state index contributed by atoms with van der Waals surface area (Å²) in [7, 11) is 0. The van der Waals surface area contributed by atoms with Gasteiger partial charge in [-0.2, -0.15) is 39.5 Å². The molecule has 212 valence electrons. The molecule has 0 bridgehead atoms. The van der Waals surface area contributed by atoms with Gasteiger partial charge in [-0.1, -0.05) is 24.3 Å². The number of morpholine rings is 1. The van der Waals surface area contributed by atoms with Gasteiger partial charge in [-0.25, -0.2) is 14.8 Å². The molecule has 17 heteroatoms. The number of aromatic nitrogens is 2. The summed E-state index contributed by atoms with van der Waals surface area (Å²) in [6, 6.07) is 3.26. The first-order valence-corrected chi connectivity index (χ1v) is 10.6. The molecule has 0 aliphatic carbocycles. The fraction of sp³-hybridized carbons (Fsp3) is 0.476. The number of benzene rings is 1. The van der Waals surface area contributed by atoms with Gasteiger partial charge in [-0.3, -0.25) is 4.90 Å². The molecule has 0 spiro atoms. The minimum atomic E-state index is -5.93. The van der Waals surface area contributed by atoms with Crippen molar-refractivity contribution in [2.75, 3.05) is 44.7 Å². The summed E-state index contributed by atoms with van der Waals surface area (Å²) in [5.41, 5.74) is -5.58. The van der Waals surface area contributed by atoms with Crippen molar-refractivity contribution in [2.45, 2.75) is 24.1 Å². The number of nitrogens with one attached hydrogen (secondary N) is 1. The van der Waals surface area contributed by atoms with E-state index < -0.39 is 35.7 Å². The molecule has 8 nitrogen and oxygen atoms in total. The standard InChI is InChI=1S/C19H20F6N4O2.C2HF3O2/c20-18(21,22)17(30,19(23,24)25)15-3-1-13(2-4-15)14-11-27-16(28-12-14)26-5-6-29-7-9-31-10-8-29;3-2(4,5)1(6)7/h1-4,11-12,30H,5-10H2,(H,26,27,28);(H,6,7). The predicted octanol–water partition coefficient (Wildman–Crippen LogP) is 3.83. The highest BCUT2D eigenvalue weighted by Gasteiger charge is 2.71. The number of aliphatic hydroxyl groups is 1.